The van der Waals surface area contributed by atoms with Gasteiger partial charge in [-0.2, -0.15) is 10.2 Å². The van der Waals surface area contributed by atoms with Crippen molar-refractivity contribution in [1.29, 1.82) is 0 Å². The molecule has 0 saturated heterocycles. The van der Waals surface area contributed by atoms with Crippen LogP contribution in [0.3, 0.4) is 0 Å². The first-order chi connectivity index (χ1) is 16.2. The summed E-state index contributed by atoms with van der Waals surface area (Å²) in [5.41, 5.74) is 7.38. The maximum atomic E-state index is 12.2. The van der Waals surface area contributed by atoms with Crippen LogP contribution >= 0.6 is 0 Å². The molecule has 3 rings (SSSR count). The molecule has 1 amide bonds. The van der Waals surface area contributed by atoms with Crippen LogP contribution in [0.5, 0.6) is 0 Å². The van der Waals surface area contributed by atoms with E-state index in [4.69, 9.17) is 15.2 Å². The Bertz CT molecular complexity index is 961. The molecule has 34 heavy (non-hydrogen) atoms. The molecular formula is C24H38N6O4. The van der Waals surface area contributed by atoms with Crippen molar-refractivity contribution in [3.05, 3.63) is 29.7 Å². The highest BCUT2D eigenvalue weighted by atomic mass is 16.6. The van der Waals surface area contributed by atoms with Crippen molar-refractivity contribution in [1.82, 2.24) is 24.9 Å². The zero-order valence-corrected chi connectivity index (χ0v) is 20.7. The highest BCUT2D eigenvalue weighted by Crippen LogP contribution is 2.38. The Morgan fingerprint density at radius 2 is 2.03 bits per heavy atom. The van der Waals surface area contributed by atoms with Crippen LogP contribution < -0.4 is 11.1 Å². The predicted octanol–water partition coefficient (Wildman–Crippen LogP) is 3.83. The zero-order valence-electron chi connectivity index (χ0n) is 20.7. The van der Waals surface area contributed by atoms with E-state index in [1.165, 1.54) is 0 Å². The summed E-state index contributed by atoms with van der Waals surface area (Å²) in [5, 5.41) is 11.5. The zero-order chi connectivity index (χ0) is 24.7. The van der Waals surface area contributed by atoms with Gasteiger partial charge in [0.2, 0.25) is 0 Å². The van der Waals surface area contributed by atoms with Gasteiger partial charge in [-0.25, -0.2) is 9.59 Å². The van der Waals surface area contributed by atoms with E-state index in [0.717, 1.165) is 44.2 Å². The van der Waals surface area contributed by atoms with E-state index in [0.29, 0.717) is 31.2 Å². The highest BCUT2D eigenvalue weighted by molar-refractivity contribution is 5.87. The minimum atomic E-state index is -0.369. The molecule has 2 heterocycles. The summed E-state index contributed by atoms with van der Waals surface area (Å²) in [4.78, 5) is 24.1. The van der Waals surface area contributed by atoms with Crippen LogP contribution in [0.4, 0.5) is 10.6 Å². The van der Waals surface area contributed by atoms with Crippen LogP contribution in [0.25, 0.3) is 0 Å². The van der Waals surface area contributed by atoms with E-state index in [1.54, 1.807) is 23.9 Å². The van der Waals surface area contributed by atoms with Gasteiger partial charge in [0, 0.05) is 37.0 Å². The third-order valence-electron chi connectivity index (χ3n) is 5.98. The Kier molecular flexibility index (Phi) is 8.57. The summed E-state index contributed by atoms with van der Waals surface area (Å²) in [6.07, 6.45) is 6.25. The Hall–Kier alpha value is -3.04. The summed E-state index contributed by atoms with van der Waals surface area (Å²) in [6.45, 7) is 9.61. The third-order valence-corrected chi connectivity index (χ3v) is 5.98. The van der Waals surface area contributed by atoms with Crippen LogP contribution in [0.2, 0.25) is 0 Å². The van der Waals surface area contributed by atoms with Crippen LogP contribution in [-0.2, 0) is 21.6 Å². The van der Waals surface area contributed by atoms with Gasteiger partial charge < -0.3 is 20.5 Å². The second-order valence-corrected chi connectivity index (χ2v) is 9.76. The van der Waals surface area contributed by atoms with E-state index in [-0.39, 0.29) is 29.6 Å². The Morgan fingerprint density at radius 3 is 2.76 bits per heavy atom. The second kappa shape index (κ2) is 11.4. The van der Waals surface area contributed by atoms with Gasteiger partial charge in [-0.05, 0) is 72.3 Å². The monoisotopic (exact) mass is 474 g/mol. The number of aryl methyl sites for hydroxylation is 1. The molecule has 1 saturated carbocycles. The summed E-state index contributed by atoms with van der Waals surface area (Å²) >= 11 is 0. The fourth-order valence-electron chi connectivity index (χ4n) is 4.39. The maximum Gasteiger partial charge on any atom is 0.407 e. The molecule has 2 aromatic rings. The number of hydrogen-bond donors (Lipinski definition) is 2. The van der Waals surface area contributed by atoms with Gasteiger partial charge in [0.1, 0.15) is 17.6 Å². The molecule has 1 fully saturated rings. The van der Waals surface area contributed by atoms with Crippen molar-refractivity contribution < 1.29 is 19.1 Å². The largest absolute Gasteiger partial charge is 0.461 e. The lowest BCUT2D eigenvalue weighted by molar-refractivity contribution is 0.0511. The molecule has 188 valence electrons. The average molecular weight is 475 g/mol. The number of alkyl carbamates (subject to hydrolysis) is 1. The first-order valence-corrected chi connectivity index (χ1v) is 12.2. The SMILES string of the molecule is CCOC(=O)c1ccnn1CCCCCNC(=O)O[C@@H]1CC[C@H](c2cc(N)nn2C(C)(C)C)C1. The molecule has 3 N–H and O–H groups in total. The number of anilines is 1. The number of unbranched alkanes of at least 4 members (excludes halogenated alkanes) is 2. The molecule has 0 radical (unpaired) electrons. The van der Waals surface area contributed by atoms with Crippen molar-refractivity contribution in [3.8, 4) is 0 Å². The fraction of sp³-hybridized carbons (Fsp3) is 0.667. The van der Waals surface area contributed by atoms with Crippen LogP contribution in [0.15, 0.2) is 18.3 Å². The molecular weight excluding hydrogens is 436 g/mol. The number of carbonyl (C=O) groups is 2. The van der Waals surface area contributed by atoms with Gasteiger partial charge in [0.15, 0.2) is 0 Å². The quantitative estimate of drug-likeness (QED) is 0.396. The number of esters is 1. The minimum absolute atomic E-state index is 0.101. The van der Waals surface area contributed by atoms with Gasteiger partial charge in [0.05, 0.1) is 12.1 Å². The van der Waals surface area contributed by atoms with E-state index >= 15 is 0 Å². The van der Waals surface area contributed by atoms with Crippen molar-refractivity contribution in [2.45, 2.75) is 90.3 Å². The van der Waals surface area contributed by atoms with Gasteiger partial charge in [0.25, 0.3) is 0 Å². The molecule has 0 spiro atoms. The summed E-state index contributed by atoms with van der Waals surface area (Å²) < 4.78 is 14.3. The fourth-order valence-corrected chi connectivity index (χ4v) is 4.39. The Morgan fingerprint density at radius 1 is 1.24 bits per heavy atom. The Labute approximate surface area is 201 Å². The number of amides is 1. The molecule has 10 heteroatoms. The van der Waals surface area contributed by atoms with E-state index in [1.807, 2.05) is 10.7 Å². The molecule has 0 bridgehead atoms. The molecule has 2 aromatic heterocycles. The predicted molar refractivity (Wildman–Crippen MR) is 129 cm³/mol. The first-order valence-electron chi connectivity index (χ1n) is 12.2. The number of nitrogens with one attached hydrogen (secondary N) is 1. The van der Waals surface area contributed by atoms with Crippen molar-refractivity contribution in [2.24, 2.45) is 0 Å². The van der Waals surface area contributed by atoms with Crippen molar-refractivity contribution >= 4 is 17.9 Å². The smallest absolute Gasteiger partial charge is 0.407 e. The lowest BCUT2D eigenvalue weighted by atomic mass is 10.0. The molecule has 2 atom stereocenters. The molecule has 0 aromatic carbocycles. The van der Waals surface area contributed by atoms with Gasteiger partial charge in [-0.1, -0.05) is 0 Å². The second-order valence-electron chi connectivity index (χ2n) is 9.76. The average Bonchev–Trinajstić information content (AvgIpc) is 3.49. The lowest BCUT2D eigenvalue weighted by Crippen LogP contribution is -2.29. The topological polar surface area (TPSA) is 126 Å². The van der Waals surface area contributed by atoms with E-state index in [2.05, 4.69) is 36.3 Å². The number of hydrogen-bond acceptors (Lipinski definition) is 7. The molecule has 1 aliphatic carbocycles. The number of rotatable bonds is 10. The molecule has 0 unspecified atom stereocenters. The normalized spacial score (nSPS) is 18.1. The van der Waals surface area contributed by atoms with Gasteiger partial charge in [-0.15, -0.1) is 0 Å². The van der Waals surface area contributed by atoms with Crippen molar-refractivity contribution in [2.75, 3.05) is 18.9 Å². The van der Waals surface area contributed by atoms with Crippen LogP contribution in [0.1, 0.15) is 88.3 Å². The number of nitrogens with two attached hydrogens (primary N) is 1. The minimum Gasteiger partial charge on any atom is -0.461 e. The van der Waals surface area contributed by atoms with Crippen molar-refractivity contribution in [3.63, 3.8) is 0 Å². The van der Waals surface area contributed by atoms with Gasteiger partial charge in [-0.3, -0.25) is 9.36 Å². The summed E-state index contributed by atoms with van der Waals surface area (Å²) in [5.74, 6) is 0.449. The number of aromatic nitrogens is 4. The molecule has 0 aliphatic heterocycles. The molecule has 10 nitrogen and oxygen atoms in total. The lowest BCUT2D eigenvalue weighted by Gasteiger charge is -2.24. The van der Waals surface area contributed by atoms with E-state index in [9.17, 15) is 9.59 Å². The standard InChI is InChI=1S/C24H38N6O4/c1-5-33-22(31)19-11-13-27-29(19)14-8-6-7-12-26-23(32)34-18-10-9-17(15-18)20-16-21(25)28-30(20)24(2,3)4/h11,13,16-18H,5-10,12,14-15H2,1-4H3,(H2,25,28)(H,26,32)/t17-,18+/m0/s1. The number of carbonyl (C=O) groups excluding carboxylic acids is 2. The number of nitrogen functional groups attached to an aromatic ring is 1. The van der Waals surface area contributed by atoms with E-state index < -0.39 is 0 Å². The number of nitrogens with zero attached hydrogens (tertiary/aromatic N) is 4. The highest BCUT2D eigenvalue weighted by Gasteiger charge is 2.33. The first kappa shape index (κ1) is 25.6. The molecule has 1 aliphatic rings. The van der Waals surface area contributed by atoms with Crippen LogP contribution in [0, 0.1) is 0 Å². The van der Waals surface area contributed by atoms with Crippen LogP contribution in [-0.4, -0.2) is 50.9 Å². The number of ether oxygens (including phenoxy) is 2. The Balaban J connectivity index is 1.34. The maximum absolute atomic E-state index is 12.2. The third kappa shape index (κ3) is 6.74. The van der Waals surface area contributed by atoms with Gasteiger partial charge >= 0.3 is 12.1 Å². The summed E-state index contributed by atoms with van der Waals surface area (Å²) in [6, 6.07) is 3.60. The summed E-state index contributed by atoms with van der Waals surface area (Å²) in [7, 11) is 0.